The number of amides is 1. The summed E-state index contributed by atoms with van der Waals surface area (Å²) in [6, 6.07) is 6.92. The summed E-state index contributed by atoms with van der Waals surface area (Å²) in [5, 5.41) is 3.06. The van der Waals surface area contributed by atoms with E-state index in [0.717, 1.165) is 11.3 Å². The Labute approximate surface area is 110 Å². The Morgan fingerprint density at radius 2 is 2.06 bits per heavy atom. The predicted molar refractivity (Wildman–Crippen MR) is 70.9 cm³/mol. The molecule has 0 spiro atoms. The maximum absolute atomic E-state index is 12.0. The van der Waals surface area contributed by atoms with E-state index in [-0.39, 0.29) is 5.91 Å². The smallest absolute Gasteiger partial charge is 0.274 e. The zero-order chi connectivity index (χ0) is 13.1. The van der Waals surface area contributed by atoms with Crippen molar-refractivity contribution in [2.45, 2.75) is 13.8 Å². The van der Waals surface area contributed by atoms with E-state index in [2.05, 4.69) is 15.3 Å². The number of nitrogens with one attached hydrogen (secondary N) is 1. The molecule has 1 N–H and O–H groups in total. The summed E-state index contributed by atoms with van der Waals surface area (Å²) in [6.45, 7) is 3.78. The largest absolute Gasteiger partial charge is 0.320 e. The normalized spacial score (nSPS) is 10.2. The van der Waals surface area contributed by atoms with Gasteiger partial charge in [-0.15, -0.1) is 0 Å². The third-order valence-electron chi connectivity index (χ3n) is 2.31. The van der Waals surface area contributed by atoms with Crippen LogP contribution in [0, 0.1) is 13.8 Å². The molecule has 0 aliphatic rings. The van der Waals surface area contributed by atoms with E-state index in [1.165, 1.54) is 6.20 Å². The molecule has 0 aliphatic heterocycles. The van der Waals surface area contributed by atoms with Crippen LogP contribution in [0.1, 0.15) is 21.7 Å². The van der Waals surface area contributed by atoms with Gasteiger partial charge in [0.2, 0.25) is 0 Å². The van der Waals surface area contributed by atoms with E-state index in [9.17, 15) is 4.79 Å². The Kier molecular flexibility index (Phi) is 3.58. The third kappa shape index (κ3) is 3.05. The number of rotatable bonds is 2. The molecule has 0 atom stereocenters. The molecule has 0 radical (unpaired) electrons. The molecule has 18 heavy (non-hydrogen) atoms. The lowest BCUT2D eigenvalue weighted by molar-refractivity contribution is 0.102. The molecular weight excluding hydrogens is 250 g/mol. The molecule has 1 amide bonds. The highest BCUT2D eigenvalue weighted by Crippen LogP contribution is 2.13. The molecule has 0 fully saturated rings. The second kappa shape index (κ2) is 5.14. The van der Waals surface area contributed by atoms with Crippen LogP contribution in [-0.4, -0.2) is 15.9 Å². The maximum Gasteiger partial charge on any atom is 0.274 e. The van der Waals surface area contributed by atoms with E-state index in [1.807, 2.05) is 19.9 Å². The molecule has 0 saturated heterocycles. The summed E-state index contributed by atoms with van der Waals surface area (Å²) >= 11 is 5.75. The molecule has 0 aliphatic carbocycles. The van der Waals surface area contributed by atoms with Crippen LogP contribution < -0.4 is 5.32 Å². The average Bonchev–Trinajstić information content (AvgIpc) is 2.27. The molecule has 0 unspecified atom stereocenters. The first-order valence-corrected chi connectivity index (χ1v) is 5.80. The number of hydrogen-bond acceptors (Lipinski definition) is 3. The van der Waals surface area contributed by atoms with Gasteiger partial charge in [-0.2, -0.15) is 0 Å². The Hall–Kier alpha value is -1.94. The first kappa shape index (κ1) is 12.5. The Morgan fingerprint density at radius 1 is 1.28 bits per heavy atom. The molecule has 0 aromatic carbocycles. The van der Waals surface area contributed by atoms with Gasteiger partial charge in [0.25, 0.3) is 5.91 Å². The van der Waals surface area contributed by atoms with Gasteiger partial charge in [0.05, 0.1) is 0 Å². The third-order valence-corrected chi connectivity index (χ3v) is 2.52. The number of carbonyl (C=O) groups excluding carboxylic acids is 1. The van der Waals surface area contributed by atoms with Crippen LogP contribution in [0.25, 0.3) is 0 Å². The fourth-order valence-corrected chi connectivity index (χ4v) is 1.81. The number of aryl methyl sites for hydroxylation is 2. The van der Waals surface area contributed by atoms with E-state index < -0.39 is 0 Å². The summed E-state index contributed by atoms with van der Waals surface area (Å²) < 4.78 is 0. The van der Waals surface area contributed by atoms with Crippen LogP contribution >= 0.6 is 11.6 Å². The summed E-state index contributed by atoms with van der Waals surface area (Å²) in [5.41, 5.74) is 2.80. The molecular formula is C13H12ClN3O. The molecule has 2 rings (SSSR count). The van der Waals surface area contributed by atoms with Crippen molar-refractivity contribution in [1.82, 2.24) is 9.97 Å². The lowest BCUT2D eigenvalue weighted by Gasteiger charge is -2.06. The van der Waals surface area contributed by atoms with Crippen molar-refractivity contribution in [3.05, 3.63) is 52.6 Å². The van der Waals surface area contributed by atoms with Crippen molar-refractivity contribution >= 4 is 23.2 Å². The summed E-state index contributed by atoms with van der Waals surface area (Å²) in [7, 11) is 0. The number of aromatic nitrogens is 2. The van der Waals surface area contributed by atoms with Gasteiger partial charge in [0.1, 0.15) is 10.8 Å². The number of halogens is 1. The second-order valence-corrected chi connectivity index (χ2v) is 4.38. The van der Waals surface area contributed by atoms with Crippen LogP contribution in [0.4, 0.5) is 5.69 Å². The van der Waals surface area contributed by atoms with Crippen molar-refractivity contribution in [3.63, 3.8) is 0 Å². The fraction of sp³-hybridized carbons (Fsp3) is 0.154. The minimum absolute atomic E-state index is 0.260. The maximum atomic E-state index is 12.0. The van der Waals surface area contributed by atoms with Crippen LogP contribution in [0.15, 0.2) is 30.5 Å². The Balaban J connectivity index is 2.22. The zero-order valence-electron chi connectivity index (χ0n) is 10.1. The molecule has 5 heteroatoms. The van der Waals surface area contributed by atoms with Crippen molar-refractivity contribution < 1.29 is 4.79 Å². The van der Waals surface area contributed by atoms with Gasteiger partial charge in [-0.25, -0.2) is 9.97 Å². The van der Waals surface area contributed by atoms with Gasteiger partial charge < -0.3 is 5.32 Å². The minimum Gasteiger partial charge on any atom is -0.320 e. The van der Waals surface area contributed by atoms with Crippen molar-refractivity contribution in [3.8, 4) is 0 Å². The van der Waals surface area contributed by atoms with E-state index in [1.54, 1.807) is 18.2 Å². The summed E-state index contributed by atoms with van der Waals surface area (Å²) in [6.07, 6.45) is 1.53. The molecule has 2 aromatic heterocycles. The molecule has 92 valence electrons. The molecule has 2 heterocycles. The van der Waals surface area contributed by atoms with Crippen LogP contribution in [0.3, 0.4) is 0 Å². The standard InChI is InChI=1S/C13H12ClN3O/c1-8-5-9(2)16-11(6-8)13(18)17-10-3-4-15-12(14)7-10/h3-7H,1-2H3,(H,15,17,18). The Morgan fingerprint density at radius 3 is 2.72 bits per heavy atom. The highest BCUT2D eigenvalue weighted by Gasteiger charge is 2.09. The quantitative estimate of drug-likeness (QED) is 0.846. The highest BCUT2D eigenvalue weighted by molar-refractivity contribution is 6.29. The lowest BCUT2D eigenvalue weighted by atomic mass is 10.2. The first-order chi connectivity index (χ1) is 8.54. The molecule has 0 bridgehead atoms. The lowest BCUT2D eigenvalue weighted by Crippen LogP contribution is -2.14. The number of pyridine rings is 2. The predicted octanol–water partition coefficient (Wildman–Crippen LogP) is 3.00. The molecule has 2 aromatic rings. The van der Waals surface area contributed by atoms with E-state index >= 15 is 0 Å². The molecule has 0 saturated carbocycles. The monoisotopic (exact) mass is 261 g/mol. The number of hydrogen-bond donors (Lipinski definition) is 1. The first-order valence-electron chi connectivity index (χ1n) is 5.43. The summed E-state index contributed by atoms with van der Waals surface area (Å²) in [5.74, 6) is -0.260. The van der Waals surface area contributed by atoms with Gasteiger partial charge in [-0.1, -0.05) is 11.6 Å². The van der Waals surface area contributed by atoms with Crippen LogP contribution in [-0.2, 0) is 0 Å². The van der Waals surface area contributed by atoms with Gasteiger partial charge in [-0.05, 0) is 43.7 Å². The second-order valence-electron chi connectivity index (χ2n) is 3.99. The average molecular weight is 262 g/mol. The van der Waals surface area contributed by atoms with Gasteiger partial charge in [0, 0.05) is 17.6 Å². The zero-order valence-corrected chi connectivity index (χ0v) is 10.8. The van der Waals surface area contributed by atoms with E-state index in [4.69, 9.17) is 11.6 Å². The SMILES string of the molecule is Cc1cc(C)nc(C(=O)Nc2ccnc(Cl)c2)c1. The van der Waals surface area contributed by atoms with Crippen molar-refractivity contribution in [1.29, 1.82) is 0 Å². The van der Waals surface area contributed by atoms with Gasteiger partial charge in [0.15, 0.2) is 0 Å². The molecule has 4 nitrogen and oxygen atoms in total. The number of nitrogens with zero attached hydrogens (tertiary/aromatic N) is 2. The van der Waals surface area contributed by atoms with Crippen molar-refractivity contribution in [2.24, 2.45) is 0 Å². The fourth-order valence-electron chi connectivity index (χ4n) is 1.63. The van der Waals surface area contributed by atoms with Gasteiger partial charge >= 0.3 is 0 Å². The Bertz CT molecular complexity index is 578. The van der Waals surface area contributed by atoms with Crippen LogP contribution in [0.2, 0.25) is 5.15 Å². The highest BCUT2D eigenvalue weighted by atomic mass is 35.5. The van der Waals surface area contributed by atoms with E-state index in [0.29, 0.717) is 16.5 Å². The van der Waals surface area contributed by atoms with Crippen molar-refractivity contribution in [2.75, 3.05) is 5.32 Å². The summed E-state index contributed by atoms with van der Waals surface area (Å²) in [4.78, 5) is 20.0. The van der Waals surface area contributed by atoms with Gasteiger partial charge in [-0.3, -0.25) is 4.79 Å². The number of carbonyl (C=O) groups is 1. The minimum atomic E-state index is -0.260. The topological polar surface area (TPSA) is 54.9 Å². The number of anilines is 1. The van der Waals surface area contributed by atoms with Crippen LogP contribution in [0.5, 0.6) is 0 Å².